The number of likely N-dealkylation sites (tertiary alicyclic amines) is 1. The fourth-order valence-electron chi connectivity index (χ4n) is 2.75. The number of rotatable bonds is 7. The van der Waals surface area contributed by atoms with E-state index in [1.54, 1.807) is 6.92 Å². The van der Waals surface area contributed by atoms with Crippen molar-refractivity contribution >= 4 is 5.97 Å². The maximum atomic E-state index is 11.4. The van der Waals surface area contributed by atoms with E-state index < -0.39 is 17.6 Å². The van der Waals surface area contributed by atoms with Crippen molar-refractivity contribution in [3.8, 4) is 0 Å². The number of hydrogen-bond donors (Lipinski definition) is 2. The topological polar surface area (TPSA) is 70.0 Å². The number of aliphatic hydroxyl groups is 1. The molecule has 0 aromatic heterocycles. The van der Waals surface area contributed by atoms with Crippen LogP contribution >= 0.6 is 0 Å². The molecule has 1 aromatic carbocycles. The highest BCUT2D eigenvalue weighted by molar-refractivity contribution is 5.78. The second kappa shape index (κ2) is 7.02. The molecule has 1 saturated heterocycles. The monoisotopic (exact) mass is 293 g/mol. The van der Waals surface area contributed by atoms with E-state index in [4.69, 9.17) is 4.74 Å². The molecule has 0 amide bonds. The minimum absolute atomic E-state index is 0.209. The molecule has 1 aliphatic heterocycles. The number of nitrogens with zero attached hydrogens (tertiary/aromatic N) is 1. The van der Waals surface area contributed by atoms with Gasteiger partial charge in [0.05, 0.1) is 19.3 Å². The molecule has 1 aliphatic rings. The molecule has 1 fully saturated rings. The van der Waals surface area contributed by atoms with Crippen molar-refractivity contribution in [2.75, 3.05) is 19.7 Å². The Kier molecular flexibility index (Phi) is 5.33. The normalized spacial score (nSPS) is 24.1. The van der Waals surface area contributed by atoms with Gasteiger partial charge in [-0.15, -0.1) is 0 Å². The summed E-state index contributed by atoms with van der Waals surface area (Å²) < 4.78 is 5.50. The molecule has 2 unspecified atom stereocenters. The Labute approximate surface area is 125 Å². The Bertz CT molecular complexity index is 465. The van der Waals surface area contributed by atoms with Crippen LogP contribution in [0.1, 0.15) is 25.3 Å². The van der Waals surface area contributed by atoms with Gasteiger partial charge in [-0.25, -0.2) is 0 Å². The highest BCUT2D eigenvalue weighted by Gasteiger charge is 2.43. The van der Waals surface area contributed by atoms with Crippen LogP contribution < -0.4 is 0 Å². The summed E-state index contributed by atoms with van der Waals surface area (Å²) in [6.45, 7) is 3.42. The minimum Gasteiger partial charge on any atom is -0.480 e. The predicted octanol–water partition coefficient (Wildman–Crippen LogP) is 1.50. The SMILES string of the molecule is CC1(C(=O)O)CCCN1CC(O)COCc1ccccc1. The Hall–Kier alpha value is -1.43. The van der Waals surface area contributed by atoms with Gasteiger partial charge in [0, 0.05) is 6.54 Å². The van der Waals surface area contributed by atoms with E-state index in [0.29, 0.717) is 26.1 Å². The van der Waals surface area contributed by atoms with Crippen molar-refractivity contribution in [1.82, 2.24) is 4.90 Å². The maximum Gasteiger partial charge on any atom is 0.323 e. The van der Waals surface area contributed by atoms with Gasteiger partial charge in [-0.2, -0.15) is 0 Å². The number of carboxylic acid groups (broad SMARTS) is 1. The molecule has 2 rings (SSSR count). The Balaban J connectivity index is 1.77. The molecular weight excluding hydrogens is 270 g/mol. The van der Waals surface area contributed by atoms with Gasteiger partial charge in [0.1, 0.15) is 5.54 Å². The van der Waals surface area contributed by atoms with Gasteiger partial charge in [0.15, 0.2) is 0 Å². The van der Waals surface area contributed by atoms with Gasteiger partial charge in [-0.05, 0) is 31.9 Å². The van der Waals surface area contributed by atoms with Crippen LogP contribution in [0.3, 0.4) is 0 Å². The second-order valence-electron chi connectivity index (χ2n) is 5.78. The largest absolute Gasteiger partial charge is 0.480 e. The molecule has 5 nitrogen and oxygen atoms in total. The third-order valence-corrected chi connectivity index (χ3v) is 4.10. The number of carboxylic acids is 1. The lowest BCUT2D eigenvalue weighted by molar-refractivity contribution is -0.149. The van der Waals surface area contributed by atoms with Crippen LogP contribution in [0.4, 0.5) is 0 Å². The van der Waals surface area contributed by atoms with Gasteiger partial charge in [0.2, 0.25) is 0 Å². The number of aliphatic carboxylic acids is 1. The Morgan fingerprint density at radius 2 is 2.14 bits per heavy atom. The molecule has 21 heavy (non-hydrogen) atoms. The number of hydrogen-bond acceptors (Lipinski definition) is 4. The van der Waals surface area contributed by atoms with Crippen molar-refractivity contribution in [2.45, 2.75) is 38.0 Å². The minimum atomic E-state index is -0.861. The summed E-state index contributed by atoms with van der Waals surface area (Å²) in [5.41, 5.74) is 0.196. The summed E-state index contributed by atoms with van der Waals surface area (Å²) in [4.78, 5) is 13.2. The first-order valence-corrected chi connectivity index (χ1v) is 7.30. The molecule has 0 saturated carbocycles. The number of benzene rings is 1. The molecular formula is C16H23NO4. The van der Waals surface area contributed by atoms with Crippen LogP contribution in [0.2, 0.25) is 0 Å². The van der Waals surface area contributed by atoms with E-state index >= 15 is 0 Å². The fraction of sp³-hybridized carbons (Fsp3) is 0.562. The zero-order valence-corrected chi connectivity index (χ0v) is 12.4. The lowest BCUT2D eigenvalue weighted by atomic mass is 9.99. The summed E-state index contributed by atoms with van der Waals surface area (Å²) in [7, 11) is 0. The van der Waals surface area contributed by atoms with Gasteiger partial charge in [-0.1, -0.05) is 30.3 Å². The summed E-state index contributed by atoms with van der Waals surface area (Å²) in [6, 6.07) is 9.76. The zero-order valence-electron chi connectivity index (χ0n) is 12.4. The van der Waals surface area contributed by atoms with Crippen LogP contribution in [0.5, 0.6) is 0 Å². The maximum absolute atomic E-state index is 11.4. The highest BCUT2D eigenvalue weighted by Crippen LogP contribution is 2.29. The Morgan fingerprint density at radius 1 is 1.43 bits per heavy atom. The van der Waals surface area contributed by atoms with E-state index in [2.05, 4.69) is 0 Å². The number of ether oxygens (including phenoxy) is 1. The summed E-state index contributed by atoms with van der Waals surface area (Å²) in [5.74, 6) is -0.822. The molecule has 0 spiro atoms. The molecule has 0 aliphatic carbocycles. The molecule has 2 N–H and O–H groups in total. The van der Waals surface area contributed by atoms with Crippen molar-refractivity contribution < 1.29 is 19.7 Å². The van der Waals surface area contributed by atoms with Crippen LogP contribution in [0.25, 0.3) is 0 Å². The van der Waals surface area contributed by atoms with E-state index in [-0.39, 0.29) is 6.61 Å². The fourth-order valence-corrected chi connectivity index (χ4v) is 2.75. The summed E-state index contributed by atoms with van der Waals surface area (Å²) in [5, 5.41) is 19.4. The Morgan fingerprint density at radius 3 is 2.81 bits per heavy atom. The predicted molar refractivity (Wildman–Crippen MR) is 79.0 cm³/mol. The quantitative estimate of drug-likeness (QED) is 0.797. The molecule has 1 aromatic rings. The summed E-state index contributed by atoms with van der Waals surface area (Å²) in [6.07, 6.45) is 0.797. The highest BCUT2D eigenvalue weighted by atomic mass is 16.5. The average Bonchev–Trinajstić information content (AvgIpc) is 2.83. The third-order valence-electron chi connectivity index (χ3n) is 4.10. The van der Waals surface area contributed by atoms with Gasteiger partial charge in [-0.3, -0.25) is 9.69 Å². The van der Waals surface area contributed by atoms with Gasteiger partial charge < -0.3 is 14.9 Å². The summed E-state index contributed by atoms with van der Waals surface area (Å²) >= 11 is 0. The standard InChI is InChI=1S/C16H23NO4/c1-16(15(19)20)8-5-9-17(16)10-14(18)12-21-11-13-6-3-2-4-7-13/h2-4,6-7,14,18H,5,8-12H2,1H3,(H,19,20). The molecule has 2 atom stereocenters. The van der Waals surface area contributed by atoms with E-state index in [1.807, 2.05) is 35.2 Å². The van der Waals surface area contributed by atoms with Crippen LogP contribution in [0, 0.1) is 0 Å². The number of carbonyl (C=O) groups is 1. The second-order valence-corrected chi connectivity index (χ2v) is 5.78. The van der Waals surface area contributed by atoms with Crippen molar-refractivity contribution in [3.05, 3.63) is 35.9 Å². The molecule has 116 valence electrons. The molecule has 5 heteroatoms. The third kappa shape index (κ3) is 4.03. The van der Waals surface area contributed by atoms with Gasteiger partial charge in [0.25, 0.3) is 0 Å². The van der Waals surface area contributed by atoms with Crippen LogP contribution in [-0.2, 0) is 16.1 Å². The smallest absolute Gasteiger partial charge is 0.323 e. The first-order chi connectivity index (χ1) is 10.0. The lowest BCUT2D eigenvalue weighted by Crippen LogP contribution is -2.51. The first kappa shape index (κ1) is 15.9. The molecule has 0 bridgehead atoms. The van der Waals surface area contributed by atoms with Crippen LogP contribution in [-0.4, -0.2) is 52.4 Å². The van der Waals surface area contributed by atoms with Crippen molar-refractivity contribution in [2.24, 2.45) is 0 Å². The average molecular weight is 293 g/mol. The van der Waals surface area contributed by atoms with Crippen molar-refractivity contribution in [1.29, 1.82) is 0 Å². The van der Waals surface area contributed by atoms with E-state index in [0.717, 1.165) is 12.0 Å². The van der Waals surface area contributed by atoms with E-state index in [1.165, 1.54) is 0 Å². The lowest BCUT2D eigenvalue weighted by Gasteiger charge is -2.32. The van der Waals surface area contributed by atoms with Crippen LogP contribution in [0.15, 0.2) is 30.3 Å². The molecule has 0 radical (unpaired) electrons. The van der Waals surface area contributed by atoms with Crippen molar-refractivity contribution in [3.63, 3.8) is 0 Å². The number of β-amino-alcohol motifs (C(OH)–C–C–N with tert-alkyl or cyclic N) is 1. The number of aliphatic hydroxyl groups excluding tert-OH is 1. The first-order valence-electron chi connectivity index (χ1n) is 7.30. The molecule has 1 heterocycles. The van der Waals surface area contributed by atoms with Gasteiger partial charge >= 0.3 is 5.97 Å². The van der Waals surface area contributed by atoms with E-state index in [9.17, 15) is 15.0 Å². The zero-order chi connectivity index (χ0) is 15.3.